The van der Waals surface area contributed by atoms with E-state index in [0.29, 0.717) is 16.1 Å². The molecular formula is C21H12ClN3O5S2. The Labute approximate surface area is 190 Å². The van der Waals surface area contributed by atoms with Crippen LogP contribution in [0.4, 0.5) is 5.69 Å². The van der Waals surface area contributed by atoms with Gasteiger partial charge in [-0.15, -0.1) is 0 Å². The van der Waals surface area contributed by atoms with Gasteiger partial charge in [-0.2, -0.15) is 8.75 Å². The molecule has 0 radical (unpaired) electrons. The predicted molar refractivity (Wildman–Crippen MR) is 123 cm³/mol. The highest BCUT2D eigenvalue weighted by atomic mass is 35.5. The summed E-state index contributed by atoms with van der Waals surface area (Å²) in [5.41, 5.74) is 0.421. The number of anilines is 1. The first-order valence-corrected chi connectivity index (χ1v) is 11.7. The Morgan fingerprint density at radius 3 is 2.66 bits per heavy atom. The van der Waals surface area contributed by atoms with E-state index in [1.807, 2.05) is 0 Å². The number of nitrogens with one attached hydrogen (secondary N) is 1. The van der Waals surface area contributed by atoms with E-state index < -0.39 is 15.5 Å². The molecule has 0 bridgehead atoms. The molecule has 0 aliphatic rings. The second kappa shape index (κ2) is 7.59. The highest BCUT2D eigenvalue weighted by Crippen LogP contribution is 2.35. The van der Waals surface area contributed by atoms with Crippen LogP contribution in [0.3, 0.4) is 0 Å². The summed E-state index contributed by atoms with van der Waals surface area (Å²) in [6, 6.07) is 15.1. The van der Waals surface area contributed by atoms with Gasteiger partial charge >= 0.3 is 0 Å². The van der Waals surface area contributed by atoms with Gasteiger partial charge in [-0.05, 0) is 36.4 Å². The SMILES string of the molecule is O=c1cc(-c2ccccc2Cl)oc2c(NS(=O)(=O)c3cccc4nsnc34)ccc(O)c12. The Kier molecular flexibility index (Phi) is 4.85. The van der Waals surface area contributed by atoms with Crippen LogP contribution >= 0.6 is 23.3 Å². The van der Waals surface area contributed by atoms with Gasteiger partial charge in [0, 0.05) is 11.6 Å². The smallest absolute Gasteiger partial charge is 0.264 e. The Morgan fingerprint density at radius 1 is 1.03 bits per heavy atom. The number of nitrogens with zero attached hydrogens (tertiary/aromatic N) is 2. The van der Waals surface area contributed by atoms with Crippen molar-refractivity contribution in [2.45, 2.75) is 4.90 Å². The minimum atomic E-state index is -4.13. The minimum absolute atomic E-state index is 0.0241. The molecule has 0 spiro atoms. The van der Waals surface area contributed by atoms with Crippen molar-refractivity contribution in [2.24, 2.45) is 0 Å². The zero-order valence-corrected chi connectivity index (χ0v) is 18.3. The quantitative estimate of drug-likeness (QED) is 0.356. The molecule has 0 atom stereocenters. The molecule has 32 heavy (non-hydrogen) atoms. The number of sulfonamides is 1. The zero-order chi connectivity index (χ0) is 22.5. The van der Waals surface area contributed by atoms with E-state index in [0.717, 1.165) is 11.7 Å². The van der Waals surface area contributed by atoms with Crippen molar-refractivity contribution in [3.8, 4) is 17.1 Å². The second-order valence-electron chi connectivity index (χ2n) is 6.78. The first-order chi connectivity index (χ1) is 15.3. The van der Waals surface area contributed by atoms with Gasteiger partial charge in [-0.25, -0.2) is 8.42 Å². The van der Waals surface area contributed by atoms with E-state index >= 15 is 0 Å². The molecule has 2 aromatic heterocycles. The van der Waals surface area contributed by atoms with Crippen molar-refractivity contribution in [1.82, 2.24) is 8.75 Å². The molecule has 0 aliphatic carbocycles. The molecule has 11 heteroatoms. The molecule has 0 saturated heterocycles. The molecule has 0 fully saturated rings. The van der Waals surface area contributed by atoms with E-state index in [1.165, 1.54) is 24.3 Å². The lowest BCUT2D eigenvalue weighted by molar-refractivity contribution is 0.480. The van der Waals surface area contributed by atoms with E-state index in [-0.39, 0.29) is 38.6 Å². The first kappa shape index (κ1) is 20.4. The highest BCUT2D eigenvalue weighted by molar-refractivity contribution is 7.93. The Balaban J connectivity index is 1.71. The fourth-order valence-electron chi connectivity index (χ4n) is 3.32. The van der Waals surface area contributed by atoms with E-state index in [9.17, 15) is 18.3 Å². The van der Waals surface area contributed by atoms with Gasteiger partial charge in [0.25, 0.3) is 10.0 Å². The van der Waals surface area contributed by atoms with Crippen LogP contribution in [0, 0.1) is 0 Å². The van der Waals surface area contributed by atoms with Gasteiger partial charge in [0.2, 0.25) is 0 Å². The maximum atomic E-state index is 13.2. The average molecular weight is 486 g/mol. The van der Waals surface area contributed by atoms with Gasteiger partial charge in [0.1, 0.15) is 32.8 Å². The molecule has 0 aliphatic heterocycles. The maximum absolute atomic E-state index is 13.2. The molecule has 2 heterocycles. The number of phenolic OH excluding ortho intramolecular Hbond substituents is 1. The topological polar surface area (TPSA) is 122 Å². The highest BCUT2D eigenvalue weighted by Gasteiger charge is 2.23. The summed E-state index contributed by atoms with van der Waals surface area (Å²) in [5, 5.41) is 10.4. The van der Waals surface area contributed by atoms with Crippen molar-refractivity contribution in [3.05, 3.63) is 75.9 Å². The molecule has 5 rings (SSSR count). The number of aromatic hydroxyl groups is 1. The predicted octanol–water partition coefficient (Wildman–Crippen LogP) is 4.62. The summed E-state index contributed by atoms with van der Waals surface area (Å²) in [4.78, 5) is 12.7. The molecule has 0 amide bonds. The van der Waals surface area contributed by atoms with Crippen molar-refractivity contribution >= 4 is 61.0 Å². The molecule has 3 aromatic carbocycles. The second-order valence-corrected chi connectivity index (χ2v) is 9.37. The fourth-order valence-corrected chi connectivity index (χ4v) is 5.38. The molecule has 2 N–H and O–H groups in total. The zero-order valence-electron chi connectivity index (χ0n) is 15.9. The maximum Gasteiger partial charge on any atom is 0.264 e. The molecule has 5 aromatic rings. The first-order valence-electron chi connectivity index (χ1n) is 9.14. The lowest BCUT2D eigenvalue weighted by atomic mass is 10.1. The number of rotatable bonds is 4. The number of benzene rings is 3. The van der Waals surface area contributed by atoms with Gasteiger partial charge in [-0.3, -0.25) is 9.52 Å². The van der Waals surface area contributed by atoms with Crippen molar-refractivity contribution in [3.63, 3.8) is 0 Å². The average Bonchev–Trinajstić information content (AvgIpc) is 3.24. The Morgan fingerprint density at radius 2 is 1.84 bits per heavy atom. The lowest BCUT2D eigenvalue weighted by Gasteiger charge is -2.12. The summed E-state index contributed by atoms with van der Waals surface area (Å²) >= 11 is 7.13. The number of hydrogen-bond donors (Lipinski definition) is 2. The third-order valence-electron chi connectivity index (χ3n) is 4.78. The van der Waals surface area contributed by atoms with Crippen molar-refractivity contribution in [2.75, 3.05) is 4.72 Å². The molecular weight excluding hydrogens is 474 g/mol. The largest absolute Gasteiger partial charge is 0.507 e. The van der Waals surface area contributed by atoms with Gasteiger partial charge < -0.3 is 9.52 Å². The van der Waals surface area contributed by atoms with Gasteiger partial charge in [0.15, 0.2) is 11.0 Å². The molecule has 8 nitrogen and oxygen atoms in total. The monoisotopic (exact) mass is 485 g/mol. The third-order valence-corrected chi connectivity index (χ3v) is 7.05. The lowest BCUT2D eigenvalue weighted by Crippen LogP contribution is -2.14. The number of phenols is 1. The van der Waals surface area contributed by atoms with Crippen LogP contribution in [0.15, 0.2) is 74.8 Å². The molecule has 160 valence electrons. The van der Waals surface area contributed by atoms with Crippen LogP contribution in [-0.4, -0.2) is 22.3 Å². The van der Waals surface area contributed by atoms with Crippen molar-refractivity contribution in [1.29, 1.82) is 0 Å². The summed E-state index contributed by atoms with van der Waals surface area (Å²) in [5.74, 6) is -0.210. The summed E-state index contributed by atoms with van der Waals surface area (Å²) < 4.78 is 42.8. The Bertz CT molecular complexity index is 1680. The molecule has 0 saturated carbocycles. The number of halogens is 1. The van der Waals surface area contributed by atoms with Crippen LogP contribution < -0.4 is 10.2 Å². The summed E-state index contributed by atoms with van der Waals surface area (Å²) in [6.45, 7) is 0. The molecule has 0 unspecified atom stereocenters. The van der Waals surface area contributed by atoms with Crippen LogP contribution in [0.5, 0.6) is 5.75 Å². The van der Waals surface area contributed by atoms with Gasteiger partial charge in [-0.1, -0.05) is 29.8 Å². The Hall–Kier alpha value is -3.47. The van der Waals surface area contributed by atoms with Crippen LogP contribution in [0.25, 0.3) is 33.3 Å². The van der Waals surface area contributed by atoms with E-state index in [4.69, 9.17) is 16.0 Å². The number of aromatic nitrogens is 2. The third kappa shape index (κ3) is 3.38. The fraction of sp³-hybridized carbons (Fsp3) is 0. The van der Waals surface area contributed by atoms with Crippen LogP contribution in [-0.2, 0) is 10.0 Å². The van der Waals surface area contributed by atoms with Gasteiger partial charge in [0.05, 0.1) is 22.4 Å². The number of hydrogen-bond acceptors (Lipinski definition) is 8. The van der Waals surface area contributed by atoms with E-state index in [2.05, 4.69) is 13.5 Å². The standard InChI is InChI=1S/C21H12ClN3O5S2/c22-12-5-2-1-4-11(12)17-10-16(27)19-15(26)9-8-14(21(19)30-17)25-32(28,29)18-7-3-6-13-20(18)24-31-23-13/h1-10,25-26H. The van der Waals surface area contributed by atoms with Crippen molar-refractivity contribution < 1.29 is 17.9 Å². The van der Waals surface area contributed by atoms with Crippen LogP contribution in [0.2, 0.25) is 5.02 Å². The normalized spacial score (nSPS) is 11.8. The summed E-state index contributed by atoms with van der Waals surface area (Å²) in [7, 11) is -4.13. The minimum Gasteiger partial charge on any atom is -0.507 e. The van der Waals surface area contributed by atoms with Crippen LogP contribution in [0.1, 0.15) is 0 Å². The van der Waals surface area contributed by atoms with E-state index in [1.54, 1.807) is 36.4 Å². The summed E-state index contributed by atoms with van der Waals surface area (Å²) in [6.07, 6.45) is 0. The number of fused-ring (bicyclic) bond motifs is 2.